The highest BCUT2D eigenvalue weighted by Gasteiger charge is 2.29. The van der Waals surface area contributed by atoms with Crippen LogP contribution in [0.4, 0.5) is 0 Å². The third kappa shape index (κ3) is 2.75. The molecule has 0 radical (unpaired) electrons. The van der Waals surface area contributed by atoms with Crippen LogP contribution >= 0.6 is 11.6 Å². The molecule has 0 saturated heterocycles. The number of halogens is 1. The van der Waals surface area contributed by atoms with Gasteiger partial charge in [-0.2, -0.15) is 0 Å². The van der Waals surface area contributed by atoms with Gasteiger partial charge < -0.3 is 5.32 Å². The van der Waals surface area contributed by atoms with Gasteiger partial charge in [0.2, 0.25) is 5.91 Å². The van der Waals surface area contributed by atoms with Crippen molar-refractivity contribution in [2.75, 3.05) is 0 Å². The fraction of sp³-hybridized carbons (Fsp3) is 0.533. The zero-order chi connectivity index (χ0) is 15.1. The van der Waals surface area contributed by atoms with Crippen molar-refractivity contribution in [2.45, 2.75) is 51.1 Å². The van der Waals surface area contributed by atoms with Crippen LogP contribution in [0.25, 0.3) is 11.2 Å². The van der Waals surface area contributed by atoms with Gasteiger partial charge in [0.05, 0.1) is 5.38 Å². The van der Waals surface area contributed by atoms with Gasteiger partial charge in [0.15, 0.2) is 5.65 Å². The standard InChI is InChI=1S/C15H19ClN4O/c1-8-4-7-12-14(17-8)20(13(19-12)9(2)16)10(3)15(21)18-11-5-6-11/h4,7,9-11H,5-6H2,1-3H3,(H,18,21). The molecular formula is C15H19ClN4O. The molecule has 1 amide bonds. The van der Waals surface area contributed by atoms with Gasteiger partial charge in [0.1, 0.15) is 17.4 Å². The van der Waals surface area contributed by atoms with Gasteiger partial charge in [-0.25, -0.2) is 9.97 Å². The molecule has 3 rings (SSSR count). The molecule has 1 N–H and O–H groups in total. The first-order valence-corrected chi connectivity index (χ1v) is 7.71. The molecule has 0 spiro atoms. The van der Waals surface area contributed by atoms with Crippen LogP contribution in [-0.4, -0.2) is 26.5 Å². The zero-order valence-electron chi connectivity index (χ0n) is 12.4. The lowest BCUT2D eigenvalue weighted by atomic mass is 10.2. The van der Waals surface area contributed by atoms with Crippen molar-refractivity contribution in [3.63, 3.8) is 0 Å². The van der Waals surface area contributed by atoms with E-state index in [1.54, 1.807) is 0 Å². The molecule has 112 valence electrons. The molecule has 1 aliphatic carbocycles. The second kappa shape index (κ2) is 5.30. The molecule has 1 saturated carbocycles. The maximum atomic E-state index is 12.4. The Morgan fingerprint density at radius 3 is 2.71 bits per heavy atom. The molecule has 1 fully saturated rings. The number of pyridine rings is 1. The third-order valence-electron chi connectivity index (χ3n) is 3.75. The van der Waals surface area contributed by atoms with Gasteiger partial charge in [-0.05, 0) is 45.7 Å². The maximum absolute atomic E-state index is 12.4. The van der Waals surface area contributed by atoms with Gasteiger partial charge in [-0.1, -0.05) is 0 Å². The Morgan fingerprint density at radius 1 is 1.38 bits per heavy atom. The first-order valence-electron chi connectivity index (χ1n) is 7.27. The van der Waals surface area contributed by atoms with Crippen LogP contribution < -0.4 is 5.32 Å². The van der Waals surface area contributed by atoms with Crippen LogP contribution in [-0.2, 0) is 4.79 Å². The quantitative estimate of drug-likeness (QED) is 0.884. The summed E-state index contributed by atoms with van der Waals surface area (Å²) in [6, 6.07) is 3.79. The van der Waals surface area contributed by atoms with E-state index in [1.807, 2.05) is 37.5 Å². The largest absolute Gasteiger partial charge is 0.352 e. The summed E-state index contributed by atoms with van der Waals surface area (Å²) >= 11 is 6.24. The number of rotatable bonds is 4. The lowest BCUT2D eigenvalue weighted by Crippen LogP contribution is -2.33. The van der Waals surface area contributed by atoms with E-state index in [9.17, 15) is 4.79 Å². The fourth-order valence-electron chi connectivity index (χ4n) is 2.42. The lowest BCUT2D eigenvalue weighted by Gasteiger charge is -2.17. The fourth-order valence-corrected chi connectivity index (χ4v) is 2.57. The molecule has 2 aromatic heterocycles. The number of imidazole rings is 1. The number of alkyl halides is 1. The Kier molecular flexibility index (Phi) is 3.61. The average molecular weight is 307 g/mol. The van der Waals surface area contributed by atoms with Crippen molar-refractivity contribution >= 4 is 28.7 Å². The highest BCUT2D eigenvalue weighted by Crippen LogP contribution is 2.28. The maximum Gasteiger partial charge on any atom is 0.243 e. The number of carbonyl (C=O) groups excluding carboxylic acids is 1. The average Bonchev–Trinajstić information content (AvgIpc) is 3.16. The van der Waals surface area contributed by atoms with Gasteiger partial charge in [-0.3, -0.25) is 9.36 Å². The van der Waals surface area contributed by atoms with E-state index in [1.165, 1.54) is 0 Å². The Bertz CT molecular complexity index is 690. The van der Waals surface area contributed by atoms with E-state index in [-0.39, 0.29) is 17.3 Å². The predicted octanol–water partition coefficient (Wildman–Crippen LogP) is 2.88. The summed E-state index contributed by atoms with van der Waals surface area (Å²) < 4.78 is 1.86. The minimum Gasteiger partial charge on any atom is -0.352 e. The Hall–Kier alpha value is -1.62. The zero-order valence-corrected chi connectivity index (χ0v) is 13.2. The summed E-state index contributed by atoms with van der Waals surface area (Å²) in [5.74, 6) is 0.682. The van der Waals surface area contributed by atoms with E-state index >= 15 is 0 Å². The number of fused-ring (bicyclic) bond motifs is 1. The number of aryl methyl sites for hydroxylation is 1. The predicted molar refractivity (Wildman–Crippen MR) is 82.4 cm³/mol. The highest BCUT2D eigenvalue weighted by atomic mass is 35.5. The Balaban J connectivity index is 2.06. The summed E-state index contributed by atoms with van der Waals surface area (Å²) in [5, 5.41) is 2.75. The van der Waals surface area contributed by atoms with Crippen molar-refractivity contribution in [3.05, 3.63) is 23.7 Å². The summed E-state index contributed by atoms with van der Waals surface area (Å²) in [4.78, 5) is 21.4. The topological polar surface area (TPSA) is 59.8 Å². The Labute approximate surface area is 128 Å². The second-order valence-electron chi connectivity index (χ2n) is 5.71. The molecule has 5 nitrogen and oxygen atoms in total. The van der Waals surface area contributed by atoms with Crippen molar-refractivity contribution < 1.29 is 4.79 Å². The molecule has 0 bridgehead atoms. The number of hydrogen-bond donors (Lipinski definition) is 1. The summed E-state index contributed by atoms with van der Waals surface area (Å²) in [6.45, 7) is 5.65. The first kappa shape index (κ1) is 14.3. The van der Waals surface area contributed by atoms with Crippen molar-refractivity contribution in [3.8, 4) is 0 Å². The van der Waals surface area contributed by atoms with E-state index in [2.05, 4.69) is 15.3 Å². The SMILES string of the molecule is Cc1ccc2nc(C(C)Cl)n(C(C)C(=O)NC3CC3)c2n1. The lowest BCUT2D eigenvalue weighted by molar-refractivity contribution is -0.124. The van der Waals surface area contributed by atoms with E-state index in [4.69, 9.17) is 11.6 Å². The molecule has 6 heteroatoms. The van der Waals surface area contributed by atoms with Gasteiger partial charge >= 0.3 is 0 Å². The van der Waals surface area contributed by atoms with Gasteiger partial charge in [0.25, 0.3) is 0 Å². The third-order valence-corrected chi connectivity index (χ3v) is 3.95. The number of hydrogen-bond acceptors (Lipinski definition) is 3. The number of nitrogens with zero attached hydrogens (tertiary/aromatic N) is 3. The summed E-state index contributed by atoms with van der Waals surface area (Å²) in [7, 11) is 0. The molecule has 0 aliphatic heterocycles. The number of amides is 1. The summed E-state index contributed by atoms with van der Waals surface area (Å²) in [5.41, 5.74) is 2.39. The second-order valence-corrected chi connectivity index (χ2v) is 6.36. The van der Waals surface area contributed by atoms with E-state index in [0.29, 0.717) is 11.9 Å². The van der Waals surface area contributed by atoms with Crippen molar-refractivity contribution in [2.24, 2.45) is 0 Å². The molecule has 0 aromatic carbocycles. The number of aromatic nitrogens is 3. The smallest absolute Gasteiger partial charge is 0.243 e. The highest BCUT2D eigenvalue weighted by molar-refractivity contribution is 6.20. The van der Waals surface area contributed by atoms with Crippen LogP contribution in [0, 0.1) is 6.92 Å². The molecule has 2 unspecified atom stereocenters. The molecular weight excluding hydrogens is 288 g/mol. The van der Waals surface area contributed by atoms with Gasteiger partial charge in [-0.15, -0.1) is 11.6 Å². The van der Waals surface area contributed by atoms with Crippen molar-refractivity contribution in [1.29, 1.82) is 0 Å². The minimum absolute atomic E-state index is 0.00123. The first-order chi connectivity index (χ1) is 9.97. The van der Waals surface area contributed by atoms with Crippen LogP contribution in [0.1, 0.15) is 49.6 Å². The minimum atomic E-state index is -0.374. The number of nitrogens with one attached hydrogen (secondary N) is 1. The summed E-state index contributed by atoms with van der Waals surface area (Å²) in [6.07, 6.45) is 2.14. The molecule has 2 aromatic rings. The molecule has 1 aliphatic rings. The van der Waals surface area contributed by atoms with Crippen LogP contribution in [0.15, 0.2) is 12.1 Å². The van der Waals surface area contributed by atoms with E-state index in [0.717, 1.165) is 29.7 Å². The van der Waals surface area contributed by atoms with Crippen LogP contribution in [0.3, 0.4) is 0 Å². The molecule has 21 heavy (non-hydrogen) atoms. The number of carbonyl (C=O) groups is 1. The van der Waals surface area contributed by atoms with Crippen LogP contribution in [0.2, 0.25) is 0 Å². The molecule has 2 heterocycles. The molecule has 2 atom stereocenters. The monoisotopic (exact) mass is 306 g/mol. The Morgan fingerprint density at radius 2 is 2.10 bits per heavy atom. The van der Waals surface area contributed by atoms with Crippen molar-refractivity contribution in [1.82, 2.24) is 19.9 Å². The normalized spacial score (nSPS) is 17.7. The van der Waals surface area contributed by atoms with Crippen LogP contribution in [0.5, 0.6) is 0 Å². The van der Waals surface area contributed by atoms with E-state index < -0.39 is 0 Å². The van der Waals surface area contributed by atoms with Gasteiger partial charge in [0, 0.05) is 11.7 Å².